The predicted molar refractivity (Wildman–Crippen MR) is 204 cm³/mol. The van der Waals surface area contributed by atoms with Gasteiger partial charge in [-0.1, -0.05) is 72.8 Å². The lowest BCUT2D eigenvalue weighted by atomic mass is 9.93. The largest absolute Gasteiger partial charge is 0.457 e. The first kappa shape index (κ1) is 26.5. The number of ether oxygens (including phenoxy) is 2. The maximum absolute atomic E-state index is 6.63. The van der Waals surface area contributed by atoms with Crippen molar-refractivity contribution in [2.45, 2.75) is 6.42 Å². The Kier molecular flexibility index (Phi) is 5.16. The molecular weight excluding hydrogens is 601 g/mol. The molecule has 10 aromatic carbocycles. The first-order valence-electron chi connectivity index (χ1n) is 16.6. The standard InChI is InChI=1S/C45H28N2O2/c46-38-17-5-24-3-13-36-40(19-7-26-1-11-34(38)42(24)44(26)36)48-30-9-15-32-28(22-30)21-29-23-31(10-16-33(29)32)49-41-20-8-27-2-12-35-39(47)18-6-25-4-14-37(41)45(27)43(25)35/h1-20,22-23H,21,46-47H2. The summed E-state index contributed by atoms with van der Waals surface area (Å²) in [6.45, 7) is 0. The monoisotopic (exact) mass is 628 g/mol. The fraction of sp³-hybridized carbons (Fsp3) is 0.0222. The average molecular weight is 629 g/mol. The first-order valence-corrected chi connectivity index (χ1v) is 16.6. The number of fused-ring (bicyclic) bond motifs is 3. The molecule has 0 radical (unpaired) electrons. The Bertz CT molecular complexity index is 2790. The minimum absolute atomic E-state index is 0.793. The summed E-state index contributed by atoms with van der Waals surface area (Å²) in [5.41, 5.74) is 19.3. The van der Waals surface area contributed by atoms with E-state index in [2.05, 4.69) is 121 Å². The van der Waals surface area contributed by atoms with Crippen LogP contribution < -0.4 is 20.9 Å². The van der Waals surface area contributed by atoms with Crippen molar-refractivity contribution in [3.63, 3.8) is 0 Å². The van der Waals surface area contributed by atoms with Crippen LogP contribution in [-0.2, 0) is 6.42 Å². The zero-order valence-corrected chi connectivity index (χ0v) is 26.4. The van der Waals surface area contributed by atoms with E-state index in [4.69, 9.17) is 20.9 Å². The second-order valence-corrected chi connectivity index (χ2v) is 13.3. The van der Waals surface area contributed by atoms with Crippen LogP contribution in [0, 0.1) is 0 Å². The molecule has 0 saturated heterocycles. The third kappa shape index (κ3) is 3.74. The number of nitrogens with two attached hydrogens (primary N) is 2. The fourth-order valence-electron chi connectivity index (χ4n) is 8.32. The van der Waals surface area contributed by atoms with Crippen LogP contribution in [0.25, 0.3) is 75.8 Å². The normalized spacial score (nSPS) is 12.6. The van der Waals surface area contributed by atoms with Crippen molar-refractivity contribution >= 4 is 76.0 Å². The van der Waals surface area contributed by atoms with Crippen LogP contribution in [0.4, 0.5) is 11.4 Å². The van der Waals surface area contributed by atoms with Gasteiger partial charge in [0.1, 0.15) is 23.0 Å². The Balaban J connectivity index is 0.923. The van der Waals surface area contributed by atoms with Gasteiger partial charge in [0.25, 0.3) is 0 Å². The Morgan fingerprint density at radius 2 is 0.735 bits per heavy atom. The van der Waals surface area contributed by atoms with Crippen molar-refractivity contribution in [3.05, 3.63) is 145 Å². The van der Waals surface area contributed by atoms with Gasteiger partial charge >= 0.3 is 0 Å². The molecule has 0 saturated carbocycles. The predicted octanol–water partition coefficient (Wildman–Crippen LogP) is 11.8. The molecule has 0 unspecified atom stereocenters. The van der Waals surface area contributed by atoms with Crippen LogP contribution in [0.1, 0.15) is 11.1 Å². The van der Waals surface area contributed by atoms with Gasteiger partial charge in [-0.05, 0) is 122 Å². The number of hydrogen-bond donors (Lipinski definition) is 2. The Labute approximate surface area is 281 Å². The van der Waals surface area contributed by atoms with Crippen LogP contribution >= 0.6 is 0 Å². The maximum atomic E-state index is 6.63. The van der Waals surface area contributed by atoms with Gasteiger partial charge in [-0.3, -0.25) is 0 Å². The minimum Gasteiger partial charge on any atom is -0.457 e. The molecule has 1 aliphatic rings. The molecule has 0 fully saturated rings. The van der Waals surface area contributed by atoms with Gasteiger partial charge in [0.2, 0.25) is 0 Å². The summed E-state index contributed by atoms with van der Waals surface area (Å²) < 4.78 is 13.3. The lowest BCUT2D eigenvalue weighted by molar-refractivity contribution is 0.488. The molecule has 0 bridgehead atoms. The molecule has 49 heavy (non-hydrogen) atoms. The van der Waals surface area contributed by atoms with Crippen molar-refractivity contribution in [3.8, 4) is 34.1 Å². The van der Waals surface area contributed by atoms with Crippen LogP contribution in [0.2, 0.25) is 0 Å². The van der Waals surface area contributed by atoms with Gasteiger partial charge in [0, 0.05) is 43.7 Å². The van der Waals surface area contributed by atoms with Crippen molar-refractivity contribution < 1.29 is 9.47 Å². The molecule has 1 aliphatic carbocycles. The number of benzene rings is 10. The lowest BCUT2D eigenvalue weighted by Crippen LogP contribution is -1.92. The van der Waals surface area contributed by atoms with E-state index in [1.807, 2.05) is 12.1 Å². The van der Waals surface area contributed by atoms with Crippen molar-refractivity contribution in [1.82, 2.24) is 0 Å². The van der Waals surface area contributed by atoms with Crippen LogP contribution in [0.5, 0.6) is 23.0 Å². The first-order chi connectivity index (χ1) is 24.1. The molecule has 4 nitrogen and oxygen atoms in total. The highest BCUT2D eigenvalue weighted by atomic mass is 16.5. The second-order valence-electron chi connectivity index (χ2n) is 13.3. The van der Waals surface area contributed by atoms with Gasteiger partial charge in [0.05, 0.1) is 0 Å². The van der Waals surface area contributed by atoms with E-state index >= 15 is 0 Å². The molecule has 4 heteroatoms. The highest BCUT2D eigenvalue weighted by Crippen LogP contribution is 2.45. The third-order valence-electron chi connectivity index (χ3n) is 10.6. The van der Waals surface area contributed by atoms with E-state index in [1.165, 1.54) is 65.3 Å². The van der Waals surface area contributed by atoms with Crippen LogP contribution in [0.15, 0.2) is 133 Å². The van der Waals surface area contributed by atoms with Crippen molar-refractivity contribution in [2.24, 2.45) is 0 Å². The molecule has 0 aromatic heterocycles. The average Bonchev–Trinajstić information content (AvgIpc) is 3.49. The zero-order valence-electron chi connectivity index (χ0n) is 26.4. The molecule has 0 amide bonds. The second kappa shape index (κ2) is 9.52. The summed E-state index contributed by atoms with van der Waals surface area (Å²) in [7, 11) is 0. The van der Waals surface area contributed by atoms with E-state index < -0.39 is 0 Å². The highest BCUT2D eigenvalue weighted by molar-refractivity contribution is 6.27. The van der Waals surface area contributed by atoms with E-state index in [1.54, 1.807) is 0 Å². The molecule has 0 aliphatic heterocycles. The molecule has 0 heterocycles. The number of anilines is 2. The van der Waals surface area contributed by atoms with E-state index in [0.717, 1.165) is 62.3 Å². The molecule has 230 valence electrons. The quantitative estimate of drug-likeness (QED) is 0.150. The Hall–Kier alpha value is -6.52. The van der Waals surface area contributed by atoms with Gasteiger partial charge in [-0.25, -0.2) is 0 Å². The number of nitrogen functional groups attached to an aromatic ring is 2. The summed E-state index contributed by atoms with van der Waals surface area (Å²) in [4.78, 5) is 0. The number of rotatable bonds is 4. The smallest absolute Gasteiger partial charge is 0.135 e. The summed E-state index contributed by atoms with van der Waals surface area (Å²) in [6, 6.07) is 46.7. The SMILES string of the molecule is Nc1ccc2ccc3c(Oc4ccc5c(c4)Cc4cc(Oc6ccc7ccc8c(N)ccc9ccc6c7c98)ccc4-5)ccc4ccc1c2c43. The maximum Gasteiger partial charge on any atom is 0.135 e. The number of hydrogen-bond acceptors (Lipinski definition) is 4. The van der Waals surface area contributed by atoms with Gasteiger partial charge in [0.15, 0.2) is 0 Å². The van der Waals surface area contributed by atoms with Crippen molar-refractivity contribution in [2.75, 3.05) is 11.5 Å². The molecule has 11 rings (SSSR count). The topological polar surface area (TPSA) is 70.5 Å². The minimum atomic E-state index is 0.793. The van der Waals surface area contributed by atoms with Crippen LogP contribution in [-0.4, -0.2) is 0 Å². The summed E-state index contributed by atoms with van der Waals surface area (Å²) in [6.07, 6.45) is 0.814. The highest BCUT2D eigenvalue weighted by Gasteiger charge is 2.21. The lowest BCUT2D eigenvalue weighted by Gasteiger charge is -2.16. The summed E-state index contributed by atoms with van der Waals surface area (Å²) in [5, 5.41) is 13.8. The fourth-order valence-corrected chi connectivity index (χ4v) is 8.32. The molecular formula is C45H28N2O2. The van der Waals surface area contributed by atoms with Gasteiger partial charge in [-0.15, -0.1) is 0 Å². The van der Waals surface area contributed by atoms with E-state index in [-0.39, 0.29) is 0 Å². The third-order valence-corrected chi connectivity index (χ3v) is 10.6. The van der Waals surface area contributed by atoms with Crippen molar-refractivity contribution in [1.29, 1.82) is 0 Å². The summed E-state index contributed by atoms with van der Waals surface area (Å²) in [5.74, 6) is 3.33. The van der Waals surface area contributed by atoms with Crippen LogP contribution in [0.3, 0.4) is 0 Å². The zero-order chi connectivity index (χ0) is 32.4. The van der Waals surface area contributed by atoms with E-state index in [9.17, 15) is 0 Å². The summed E-state index contributed by atoms with van der Waals surface area (Å²) >= 11 is 0. The van der Waals surface area contributed by atoms with E-state index in [0.29, 0.717) is 0 Å². The molecule has 0 spiro atoms. The Morgan fingerprint density at radius 3 is 1.18 bits per heavy atom. The van der Waals surface area contributed by atoms with Gasteiger partial charge < -0.3 is 20.9 Å². The molecule has 4 N–H and O–H groups in total. The Morgan fingerprint density at radius 1 is 0.367 bits per heavy atom. The van der Waals surface area contributed by atoms with Gasteiger partial charge in [-0.2, -0.15) is 0 Å². The molecule has 0 atom stereocenters. The molecule has 10 aromatic rings.